The molecule has 0 aromatic heterocycles. The molecular weight excluding hydrogens is 355 g/mol. The number of rotatable bonds is 9. The molecule has 4 nitrogen and oxygen atoms in total. The zero-order valence-electron chi connectivity index (χ0n) is 16.6. The standard InChI is InChI=1S/C23H29FN2O2/c1-28-22-11-3-2-9-20(22)18-26(17-19-8-6-10-21(24)16-19)23(27)12-7-15-25-13-4-5-14-25/h2-3,6,8-11,16H,4-5,7,12-15,17-18H2,1H3. The Morgan fingerprint density at radius 1 is 1.11 bits per heavy atom. The lowest BCUT2D eigenvalue weighted by Crippen LogP contribution is -2.31. The van der Waals surface area contributed by atoms with E-state index in [-0.39, 0.29) is 11.7 Å². The summed E-state index contributed by atoms with van der Waals surface area (Å²) >= 11 is 0. The van der Waals surface area contributed by atoms with Crippen LogP contribution in [0.2, 0.25) is 0 Å². The Morgan fingerprint density at radius 2 is 1.89 bits per heavy atom. The number of amides is 1. The summed E-state index contributed by atoms with van der Waals surface area (Å²) in [4.78, 5) is 17.2. The first kappa shape index (κ1) is 20.3. The number of hydrogen-bond donors (Lipinski definition) is 0. The van der Waals surface area contributed by atoms with Crippen LogP contribution in [-0.4, -0.2) is 42.5 Å². The lowest BCUT2D eigenvalue weighted by Gasteiger charge is -2.24. The molecule has 5 heteroatoms. The van der Waals surface area contributed by atoms with Crippen molar-refractivity contribution in [3.8, 4) is 5.75 Å². The first-order valence-corrected chi connectivity index (χ1v) is 10.0. The molecular formula is C23H29FN2O2. The highest BCUT2D eigenvalue weighted by atomic mass is 19.1. The summed E-state index contributed by atoms with van der Waals surface area (Å²) in [6, 6.07) is 14.2. The second-order valence-electron chi connectivity index (χ2n) is 7.34. The highest BCUT2D eigenvalue weighted by molar-refractivity contribution is 5.76. The van der Waals surface area contributed by atoms with Crippen molar-refractivity contribution in [2.75, 3.05) is 26.7 Å². The number of carbonyl (C=O) groups excluding carboxylic acids is 1. The van der Waals surface area contributed by atoms with Crippen molar-refractivity contribution in [2.45, 2.75) is 38.8 Å². The summed E-state index contributed by atoms with van der Waals surface area (Å²) < 4.78 is 19.0. The SMILES string of the molecule is COc1ccccc1CN(Cc1cccc(F)c1)C(=O)CCCN1CCCC1. The minimum absolute atomic E-state index is 0.0920. The van der Waals surface area contributed by atoms with Gasteiger partial charge in [0.05, 0.1) is 7.11 Å². The summed E-state index contributed by atoms with van der Waals surface area (Å²) in [6.45, 7) is 4.08. The molecule has 0 unspecified atom stereocenters. The number of benzene rings is 2. The highest BCUT2D eigenvalue weighted by Gasteiger charge is 2.18. The van der Waals surface area contributed by atoms with Crippen molar-refractivity contribution in [2.24, 2.45) is 0 Å². The molecule has 1 saturated heterocycles. The van der Waals surface area contributed by atoms with Crippen molar-refractivity contribution >= 4 is 5.91 Å². The van der Waals surface area contributed by atoms with Crippen molar-refractivity contribution < 1.29 is 13.9 Å². The fourth-order valence-corrected chi connectivity index (χ4v) is 3.75. The van der Waals surface area contributed by atoms with Crippen molar-refractivity contribution in [3.05, 3.63) is 65.5 Å². The van der Waals surface area contributed by atoms with Gasteiger partial charge in [-0.15, -0.1) is 0 Å². The summed E-state index contributed by atoms with van der Waals surface area (Å²) in [6.07, 6.45) is 3.87. The highest BCUT2D eigenvalue weighted by Crippen LogP contribution is 2.21. The molecule has 0 radical (unpaired) electrons. The van der Waals surface area contributed by atoms with E-state index >= 15 is 0 Å². The Hall–Kier alpha value is -2.40. The largest absolute Gasteiger partial charge is 0.496 e. The van der Waals surface area contributed by atoms with E-state index in [1.54, 1.807) is 18.1 Å². The Balaban J connectivity index is 1.68. The topological polar surface area (TPSA) is 32.8 Å². The molecule has 0 saturated carbocycles. The number of likely N-dealkylation sites (tertiary alicyclic amines) is 1. The molecule has 1 heterocycles. The Bertz CT molecular complexity index is 775. The van der Waals surface area contributed by atoms with Gasteiger partial charge in [0, 0.05) is 25.1 Å². The van der Waals surface area contributed by atoms with E-state index in [1.165, 1.54) is 25.0 Å². The van der Waals surface area contributed by atoms with E-state index in [1.807, 2.05) is 30.3 Å². The minimum atomic E-state index is -0.281. The number of halogens is 1. The maximum Gasteiger partial charge on any atom is 0.223 e. The summed E-state index contributed by atoms with van der Waals surface area (Å²) in [5.74, 6) is 0.571. The molecule has 3 rings (SSSR count). The summed E-state index contributed by atoms with van der Waals surface area (Å²) in [5.41, 5.74) is 1.75. The van der Waals surface area contributed by atoms with E-state index in [9.17, 15) is 9.18 Å². The van der Waals surface area contributed by atoms with Crippen LogP contribution in [0.1, 0.15) is 36.8 Å². The average molecular weight is 384 g/mol. The Kier molecular flexibility index (Phi) is 7.43. The van der Waals surface area contributed by atoms with Gasteiger partial charge in [-0.2, -0.15) is 0 Å². The number of ether oxygens (including phenoxy) is 1. The van der Waals surface area contributed by atoms with Crippen LogP contribution in [0.25, 0.3) is 0 Å². The molecule has 2 aromatic rings. The van der Waals surface area contributed by atoms with Crippen molar-refractivity contribution in [3.63, 3.8) is 0 Å². The first-order chi connectivity index (χ1) is 13.7. The number of para-hydroxylation sites is 1. The van der Waals surface area contributed by atoms with Gasteiger partial charge < -0.3 is 14.5 Å². The maximum absolute atomic E-state index is 13.6. The smallest absolute Gasteiger partial charge is 0.223 e. The van der Waals surface area contributed by atoms with Crippen LogP contribution >= 0.6 is 0 Å². The third-order valence-corrected chi connectivity index (χ3v) is 5.23. The number of methoxy groups -OCH3 is 1. The van der Waals surface area contributed by atoms with E-state index in [4.69, 9.17) is 4.74 Å². The number of hydrogen-bond acceptors (Lipinski definition) is 3. The molecule has 0 N–H and O–H groups in total. The zero-order chi connectivity index (χ0) is 19.8. The lowest BCUT2D eigenvalue weighted by molar-refractivity contribution is -0.132. The van der Waals surface area contributed by atoms with Crippen LogP contribution < -0.4 is 4.74 Å². The van der Waals surface area contributed by atoms with Crippen LogP contribution in [0.15, 0.2) is 48.5 Å². The molecule has 28 heavy (non-hydrogen) atoms. The van der Waals surface area contributed by atoms with Gasteiger partial charge in [0.1, 0.15) is 11.6 Å². The summed E-state index contributed by atoms with van der Waals surface area (Å²) in [7, 11) is 1.63. The second-order valence-corrected chi connectivity index (χ2v) is 7.34. The third-order valence-electron chi connectivity index (χ3n) is 5.23. The molecule has 1 fully saturated rings. The van der Waals surface area contributed by atoms with Gasteiger partial charge in [-0.1, -0.05) is 30.3 Å². The molecule has 1 aliphatic heterocycles. The van der Waals surface area contributed by atoms with Gasteiger partial charge in [-0.05, 0) is 62.7 Å². The monoisotopic (exact) mass is 384 g/mol. The zero-order valence-corrected chi connectivity index (χ0v) is 16.6. The van der Waals surface area contributed by atoms with E-state index in [2.05, 4.69) is 4.90 Å². The van der Waals surface area contributed by atoms with E-state index < -0.39 is 0 Å². The predicted molar refractivity (Wildman–Crippen MR) is 109 cm³/mol. The van der Waals surface area contributed by atoms with Crippen molar-refractivity contribution in [1.29, 1.82) is 0 Å². The molecule has 150 valence electrons. The molecule has 1 aliphatic rings. The fraction of sp³-hybridized carbons (Fsp3) is 0.435. The number of carbonyl (C=O) groups is 1. The minimum Gasteiger partial charge on any atom is -0.496 e. The molecule has 0 atom stereocenters. The normalized spacial score (nSPS) is 14.2. The average Bonchev–Trinajstić information content (AvgIpc) is 3.21. The van der Waals surface area contributed by atoms with Crippen LogP contribution in [0.4, 0.5) is 4.39 Å². The van der Waals surface area contributed by atoms with Gasteiger partial charge >= 0.3 is 0 Å². The number of nitrogens with zero attached hydrogens (tertiary/aromatic N) is 2. The molecule has 1 amide bonds. The van der Waals surface area contributed by atoms with Gasteiger partial charge in [0.2, 0.25) is 5.91 Å². The van der Waals surface area contributed by atoms with E-state index in [0.717, 1.165) is 42.9 Å². The lowest BCUT2D eigenvalue weighted by atomic mass is 10.1. The first-order valence-electron chi connectivity index (χ1n) is 10.0. The quantitative estimate of drug-likeness (QED) is 0.648. The summed E-state index contributed by atoms with van der Waals surface area (Å²) in [5, 5.41) is 0. The predicted octanol–water partition coefficient (Wildman–Crippen LogP) is 4.24. The Morgan fingerprint density at radius 3 is 2.64 bits per heavy atom. The van der Waals surface area contributed by atoms with E-state index in [0.29, 0.717) is 19.5 Å². The van der Waals surface area contributed by atoms with Crippen LogP contribution in [0.5, 0.6) is 5.75 Å². The van der Waals surface area contributed by atoms with Crippen LogP contribution in [0.3, 0.4) is 0 Å². The van der Waals surface area contributed by atoms with Gasteiger partial charge in [-0.3, -0.25) is 4.79 Å². The molecule has 0 aliphatic carbocycles. The molecule has 2 aromatic carbocycles. The fourth-order valence-electron chi connectivity index (χ4n) is 3.75. The Labute approximate surface area is 166 Å². The second kappa shape index (κ2) is 10.2. The van der Waals surface area contributed by atoms with Gasteiger partial charge in [0.15, 0.2) is 0 Å². The van der Waals surface area contributed by atoms with Gasteiger partial charge in [-0.25, -0.2) is 4.39 Å². The van der Waals surface area contributed by atoms with Crippen LogP contribution in [-0.2, 0) is 17.9 Å². The molecule has 0 spiro atoms. The van der Waals surface area contributed by atoms with Crippen molar-refractivity contribution in [1.82, 2.24) is 9.80 Å². The van der Waals surface area contributed by atoms with Gasteiger partial charge in [0.25, 0.3) is 0 Å². The third kappa shape index (κ3) is 5.80. The molecule has 0 bridgehead atoms. The maximum atomic E-state index is 13.6. The van der Waals surface area contributed by atoms with Crippen LogP contribution in [0, 0.1) is 5.82 Å².